The van der Waals surface area contributed by atoms with E-state index in [1.165, 1.54) is 0 Å². The molecule has 0 bridgehead atoms. The van der Waals surface area contributed by atoms with Gasteiger partial charge < -0.3 is 20.1 Å². The summed E-state index contributed by atoms with van der Waals surface area (Å²) in [5, 5.41) is 15.4. The summed E-state index contributed by atoms with van der Waals surface area (Å²) in [5.41, 5.74) is 4.47. The number of hydrogen-bond donors (Lipinski definition) is 3. The number of nitrogens with one attached hydrogen (secondary N) is 3. The van der Waals surface area contributed by atoms with Gasteiger partial charge in [-0.3, -0.25) is 15.0 Å². The predicted octanol–water partition coefficient (Wildman–Crippen LogP) is 6.57. The third-order valence-corrected chi connectivity index (χ3v) is 8.16. The molecule has 6 rings (SSSR count). The van der Waals surface area contributed by atoms with E-state index in [4.69, 9.17) is 14.6 Å². The van der Waals surface area contributed by atoms with Crippen molar-refractivity contribution in [3.05, 3.63) is 102 Å². The van der Waals surface area contributed by atoms with E-state index in [1.807, 2.05) is 85.8 Å². The predicted molar refractivity (Wildman–Crippen MR) is 188 cm³/mol. The Hall–Kier alpha value is -5.26. The third-order valence-electron chi connectivity index (χ3n) is 8.16. The molecule has 0 unspecified atom stereocenters. The van der Waals surface area contributed by atoms with E-state index in [9.17, 15) is 9.59 Å². The van der Waals surface area contributed by atoms with Crippen LogP contribution in [-0.2, 0) is 22.6 Å². The maximum atomic E-state index is 13.4. The molecule has 0 saturated carbocycles. The van der Waals surface area contributed by atoms with Gasteiger partial charge in [-0.1, -0.05) is 55.3 Å². The van der Waals surface area contributed by atoms with Crippen LogP contribution in [0.4, 0.5) is 22.1 Å². The normalized spacial score (nSPS) is 13.3. The molecule has 248 valence electrons. The van der Waals surface area contributed by atoms with Crippen LogP contribution in [-0.4, -0.2) is 64.5 Å². The maximum Gasteiger partial charge on any atom is 0.324 e. The van der Waals surface area contributed by atoms with Crippen LogP contribution < -0.4 is 20.7 Å². The van der Waals surface area contributed by atoms with Crippen molar-refractivity contribution in [1.82, 2.24) is 19.7 Å². The summed E-state index contributed by atoms with van der Waals surface area (Å²) in [7, 11) is 0. The van der Waals surface area contributed by atoms with Crippen LogP contribution in [0.25, 0.3) is 16.5 Å². The standard InChI is InChI=1S/C37H41N7O4/c1-3-4-7-28-23-35(44(42-28)29-12-10-26(2)11-13-29)41-37(46)39-32-14-15-33(31-9-6-5-8-30(31)32)48-25-27-16-17-38-34(22-27)40-36(45)24-43-18-20-47-21-19-43/h5-6,8-17,22-23H,3-4,7,18-21,24-25H2,1-2H3,(H,38,40,45)(H2,39,41,46). The zero-order valence-corrected chi connectivity index (χ0v) is 27.4. The van der Waals surface area contributed by atoms with Gasteiger partial charge in [-0.2, -0.15) is 5.10 Å². The number of carbonyl (C=O) groups is 2. The van der Waals surface area contributed by atoms with E-state index in [2.05, 4.69) is 32.8 Å². The molecule has 2 aromatic heterocycles. The van der Waals surface area contributed by atoms with Crippen LogP contribution >= 0.6 is 0 Å². The molecular weight excluding hydrogens is 606 g/mol. The minimum Gasteiger partial charge on any atom is -0.488 e. The van der Waals surface area contributed by atoms with E-state index < -0.39 is 0 Å². The molecule has 3 aromatic carbocycles. The topological polar surface area (TPSA) is 123 Å². The highest BCUT2D eigenvalue weighted by atomic mass is 16.5. The Morgan fingerprint density at radius 1 is 0.917 bits per heavy atom. The van der Waals surface area contributed by atoms with E-state index >= 15 is 0 Å². The molecule has 1 fully saturated rings. The molecule has 3 amide bonds. The largest absolute Gasteiger partial charge is 0.488 e. The molecule has 1 saturated heterocycles. The van der Waals surface area contributed by atoms with Crippen LogP contribution in [0.2, 0.25) is 0 Å². The molecule has 48 heavy (non-hydrogen) atoms. The summed E-state index contributed by atoms with van der Waals surface area (Å²) in [4.78, 5) is 32.3. The summed E-state index contributed by atoms with van der Waals surface area (Å²) < 4.78 is 13.4. The van der Waals surface area contributed by atoms with Gasteiger partial charge in [0.1, 0.15) is 24.0 Å². The van der Waals surface area contributed by atoms with Crippen molar-refractivity contribution >= 4 is 40.0 Å². The molecule has 3 heterocycles. The number of pyridine rings is 1. The Labute approximate surface area is 280 Å². The highest BCUT2D eigenvalue weighted by Crippen LogP contribution is 2.32. The highest BCUT2D eigenvalue weighted by Gasteiger charge is 2.16. The zero-order chi connectivity index (χ0) is 33.3. The Balaban J connectivity index is 1.13. The number of amides is 3. The molecule has 11 heteroatoms. The lowest BCUT2D eigenvalue weighted by Crippen LogP contribution is -2.41. The van der Waals surface area contributed by atoms with Gasteiger partial charge in [0, 0.05) is 36.1 Å². The first kappa shape index (κ1) is 32.7. The summed E-state index contributed by atoms with van der Waals surface area (Å²) in [6, 6.07) is 24.8. The van der Waals surface area contributed by atoms with Gasteiger partial charge in [0.2, 0.25) is 5.91 Å². The smallest absolute Gasteiger partial charge is 0.324 e. The number of urea groups is 1. The third kappa shape index (κ3) is 8.36. The lowest BCUT2D eigenvalue weighted by atomic mass is 10.1. The zero-order valence-electron chi connectivity index (χ0n) is 27.4. The number of nitrogens with zero attached hydrogens (tertiary/aromatic N) is 4. The van der Waals surface area contributed by atoms with Gasteiger partial charge in [-0.15, -0.1) is 0 Å². The number of fused-ring (bicyclic) bond motifs is 1. The quantitative estimate of drug-likeness (QED) is 0.140. The SMILES string of the molecule is CCCCc1cc(NC(=O)Nc2ccc(OCc3ccnc(NC(=O)CN4CCOCC4)c3)c3ccccc23)n(-c2ccc(C)cc2)n1. The first-order valence-electron chi connectivity index (χ1n) is 16.4. The number of rotatable bonds is 12. The lowest BCUT2D eigenvalue weighted by molar-refractivity contribution is -0.118. The van der Waals surface area contributed by atoms with Gasteiger partial charge in [-0.05, 0) is 61.7 Å². The Kier molecular flexibility index (Phi) is 10.6. The number of benzene rings is 3. The summed E-state index contributed by atoms with van der Waals surface area (Å²) >= 11 is 0. The Bertz CT molecular complexity index is 1870. The van der Waals surface area contributed by atoms with Crippen molar-refractivity contribution < 1.29 is 19.1 Å². The van der Waals surface area contributed by atoms with Crippen molar-refractivity contribution in [2.45, 2.75) is 39.7 Å². The average molecular weight is 648 g/mol. The van der Waals surface area contributed by atoms with Crippen LogP contribution in [0, 0.1) is 6.92 Å². The van der Waals surface area contributed by atoms with Gasteiger partial charge in [0.15, 0.2) is 0 Å². The van der Waals surface area contributed by atoms with Crippen LogP contribution in [0.1, 0.15) is 36.6 Å². The molecule has 0 spiro atoms. The van der Waals surface area contributed by atoms with Gasteiger partial charge in [0.05, 0.1) is 36.8 Å². The van der Waals surface area contributed by atoms with Crippen molar-refractivity contribution in [2.75, 3.05) is 48.8 Å². The van der Waals surface area contributed by atoms with Crippen molar-refractivity contribution in [3.8, 4) is 11.4 Å². The monoisotopic (exact) mass is 647 g/mol. The number of carbonyl (C=O) groups excluding carboxylic acids is 2. The number of unbranched alkanes of at least 4 members (excludes halogenated alkanes) is 1. The van der Waals surface area contributed by atoms with Gasteiger partial charge in [0.25, 0.3) is 0 Å². The second-order valence-electron chi connectivity index (χ2n) is 11.9. The molecule has 1 aliphatic heterocycles. The van der Waals surface area contributed by atoms with Crippen LogP contribution in [0.3, 0.4) is 0 Å². The molecule has 0 atom stereocenters. The molecule has 0 aliphatic carbocycles. The number of aryl methyl sites for hydroxylation is 2. The van der Waals surface area contributed by atoms with Crippen LogP contribution in [0.5, 0.6) is 5.75 Å². The number of aromatic nitrogens is 3. The van der Waals surface area contributed by atoms with Crippen molar-refractivity contribution in [3.63, 3.8) is 0 Å². The molecular formula is C37H41N7O4. The van der Waals surface area contributed by atoms with Gasteiger partial charge >= 0.3 is 6.03 Å². The summed E-state index contributed by atoms with van der Waals surface area (Å²) in [6.07, 6.45) is 4.57. The number of hydrogen-bond acceptors (Lipinski definition) is 7. The van der Waals surface area contributed by atoms with Crippen molar-refractivity contribution in [1.29, 1.82) is 0 Å². The van der Waals surface area contributed by atoms with E-state index in [0.717, 1.165) is 65.6 Å². The van der Waals surface area contributed by atoms with Gasteiger partial charge in [-0.25, -0.2) is 14.5 Å². The van der Waals surface area contributed by atoms with E-state index in [-0.39, 0.29) is 18.5 Å². The molecule has 0 radical (unpaired) electrons. The van der Waals surface area contributed by atoms with Crippen LogP contribution in [0.15, 0.2) is 85.1 Å². The molecule has 3 N–H and O–H groups in total. The second kappa shape index (κ2) is 15.6. The fourth-order valence-electron chi connectivity index (χ4n) is 5.60. The minimum atomic E-state index is -0.371. The maximum absolute atomic E-state index is 13.4. The second-order valence-corrected chi connectivity index (χ2v) is 11.9. The number of anilines is 3. The van der Waals surface area contributed by atoms with E-state index in [1.54, 1.807) is 10.9 Å². The Morgan fingerprint density at radius 2 is 1.71 bits per heavy atom. The first-order chi connectivity index (χ1) is 23.4. The molecule has 1 aliphatic rings. The molecule has 5 aromatic rings. The fourth-order valence-corrected chi connectivity index (χ4v) is 5.60. The molecule has 11 nitrogen and oxygen atoms in total. The van der Waals surface area contributed by atoms with E-state index in [0.29, 0.717) is 42.8 Å². The Morgan fingerprint density at radius 3 is 2.50 bits per heavy atom. The summed E-state index contributed by atoms with van der Waals surface area (Å²) in [6.45, 7) is 7.51. The number of morpholine rings is 1. The summed E-state index contributed by atoms with van der Waals surface area (Å²) in [5.74, 6) is 1.63. The van der Waals surface area contributed by atoms with Crippen molar-refractivity contribution in [2.24, 2.45) is 0 Å². The number of ether oxygens (including phenoxy) is 2. The lowest BCUT2D eigenvalue weighted by Gasteiger charge is -2.25. The first-order valence-corrected chi connectivity index (χ1v) is 16.4. The fraction of sp³-hybridized carbons (Fsp3) is 0.297. The minimum absolute atomic E-state index is 0.114. The average Bonchev–Trinajstić information content (AvgIpc) is 3.49. The highest BCUT2D eigenvalue weighted by molar-refractivity contribution is 6.07.